The van der Waals surface area contributed by atoms with Crippen molar-refractivity contribution in [2.75, 3.05) is 10.6 Å². The van der Waals surface area contributed by atoms with Gasteiger partial charge in [-0.05, 0) is 42.5 Å². The van der Waals surface area contributed by atoms with Gasteiger partial charge >= 0.3 is 12.2 Å². The summed E-state index contributed by atoms with van der Waals surface area (Å²) >= 11 is 28.4. The van der Waals surface area contributed by atoms with Gasteiger partial charge in [-0.25, -0.2) is 9.00 Å². The van der Waals surface area contributed by atoms with Crippen LogP contribution in [-0.4, -0.2) is 14.8 Å². The van der Waals surface area contributed by atoms with Crippen LogP contribution in [0.4, 0.5) is 29.3 Å². The molecule has 34 heavy (non-hydrogen) atoms. The number of carbonyl (C=O) groups is 1. The van der Waals surface area contributed by atoms with Gasteiger partial charge in [-0.2, -0.15) is 13.2 Å². The lowest BCUT2D eigenvalue weighted by Crippen LogP contribution is -2.20. The van der Waals surface area contributed by atoms with Gasteiger partial charge in [-0.1, -0.05) is 52.5 Å². The van der Waals surface area contributed by atoms with E-state index in [4.69, 9.17) is 46.4 Å². The smallest absolute Gasteiger partial charge is 0.308 e. The second-order valence-electron chi connectivity index (χ2n) is 6.70. The number of benzene rings is 3. The Balaban J connectivity index is 2.12. The fourth-order valence-corrected chi connectivity index (χ4v) is 4.69. The van der Waals surface area contributed by atoms with E-state index >= 15 is 0 Å². The van der Waals surface area contributed by atoms with Gasteiger partial charge in [-0.15, -0.1) is 0 Å². The van der Waals surface area contributed by atoms with Crippen molar-refractivity contribution >= 4 is 83.8 Å². The van der Waals surface area contributed by atoms with Crippen molar-refractivity contribution in [2.24, 2.45) is 0 Å². The zero-order valence-corrected chi connectivity index (χ0v) is 21.0. The van der Waals surface area contributed by atoms with Crippen molar-refractivity contribution in [2.45, 2.75) is 11.1 Å². The molecule has 3 aromatic carbocycles. The molecule has 0 heterocycles. The minimum Gasteiger partial charge on any atom is -0.308 e. The molecule has 3 aromatic rings. The predicted octanol–water partition coefficient (Wildman–Crippen LogP) is 8.21. The number of anilines is 2. The van der Waals surface area contributed by atoms with Gasteiger partial charge < -0.3 is 15.2 Å². The van der Waals surface area contributed by atoms with E-state index in [1.165, 1.54) is 24.3 Å². The first-order valence-corrected chi connectivity index (χ1v) is 12.8. The average Bonchev–Trinajstić information content (AvgIpc) is 2.71. The molecule has 0 aliphatic carbocycles. The van der Waals surface area contributed by atoms with Gasteiger partial charge in [0.1, 0.15) is 0 Å². The average molecular weight is 590 g/mol. The molecule has 180 valence electrons. The van der Waals surface area contributed by atoms with Crippen molar-refractivity contribution < 1.29 is 26.7 Å². The summed E-state index contributed by atoms with van der Waals surface area (Å²) in [4.78, 5) is 12.2. The van der Waals surface area contributed by atoms with E-state index in [1.807, 2.05) is 0 Å². The van der Waals surface area contributed by atoms with Crippen molar-refractivity contribution in [1.29, 1.82) is 0 Å². The lowest BCUT2D eigenvalue weighted by molar-refractivity contribution is -0.137. The van der Waals surface area contributed by atoms with Crippen LogP contribution in [0.25, 0.3) is 11.1 Å². The van der Waals surface area contributed by atoms with Crippen LogP contribution < -0.4 is 10.6 Å². The van der Waals surface area contributed by atoms with Gasteiger partial charge in [0.25, 0.3) is 0 Å². The fraction of sp³-hybridized carbons (Fsp3) is 0.0500. The zero-order valence-electron chi connectivity index (χ0n) is 16.3. The molecular weight excluding hydrogens is 579 g/mol. The lowest BCUT2D eigenvalue weighted by Gasteiger charge is -2.18. The molecule has 0 saturated heterocycles. The van der Waals surface area contributed by atoms with Crippen molar-refractivity contribution in [3.05, 3.63) is 74.2 Å². The summed E-state index contributed by atoms with van der Waals surface area (Å²) in [5.41, 5.74) is -1.36. The van der Waals surface area contributed by atoms with Crippen molar-refractivity contribution in [3.63, 3.8) is 0 Å². The largest absolute Gasteiger partial charge is 0.416 e. The molecule has 1 atom stereocenters. The van der Waals surface area contributed by atoms with Crippen LogP contribution in [0.15, 0.2) is 53.4 Å². The first-order valence-electron chi connectivity index (χ1n) is 8.88. The topological polar surface area (TPSA) is 78.4 Å². The van der Waals surface area contributed by atoms with Gasteiger partial charge in [0.05, 0.1) is 36.2 Å². The summed E-state index contributed by atoms with van der Waals surface area (Å²) in [6.45, 7) is 0. The van der Waals surface area contributed by atoms with Crippen LogP contribution >= 0.6 is 46.4 Å². The molecule has 1 unspecified atom stereocenters. The van der Waals surface area contributed by atoms with E-state index in [0.29, 0.717) is 6.07 Å². The number of nitrogens with one attached hydrogen (secondary N) is 2. The number of amides is 2. The van der Waals surface area contributed by atoms with Crippen LogP contribution in [-0.2, 0) is 26.1 Å². The maximum atomic E-state index is 13.4. The van der Waals surface area contributed by atoms with E-state index < -0.39 is 26.5 Å². The van der Waals surface area contributed by atoms with E-state index in [0.717, 1.165) is 18.2 Å². The molecule has 0 saturated carbocycles. The normalized spacial score (nSPS) is 13.3. The highest BCUT2D eigenvalue weighted by Gasteiger charge is 2.32. The Kier molecular flexibility index (Phi) is 7.93. The summed E-state index contributed by atoms with van der Waals surface area (Å²) in [7, 11) is -4.05. The highest BCUT2D eigenvalue weighted by atomic mass is 35.5. The predicted molar refractivity (Wildman–Crippen MR) is 132 cm³/mol. The maximum absolute atomic E-state index is 13.4. The van der Waals surface area contributed by atoms with Gasteiger partial charge in [0, 0.05) is 28.0 Å². The summed E-state index contributed by atoms with van der Waals surface area (Å²) < 4.78 is 62.3. The van der Waals surface area contributed by atoms with E-state index in [-0.39, 0.29) is 47.5 Å². The Labute approximate surface area is 216 Å². The van der Waals surface area contributed by atoms with Gasteiger partial charge in [0.15, 0.2) is 8.77 Å². The minimum absolute atomic E-state index is 0.0508. The van der Waals surface area contributed by atoms with Crippen LogP contribution in [0.3, 0.4) is 0 Å². The van der Waals surface area contributed by atoms with E-state index in [9.17, 15) is 26.7 Å². The zero-order chi connectivity index (χ0) is 25.4. The molecule has 0 spiro atoms. The van der Waals surface area contributed by atoms with E-state index in [1.54, 1.807) is 0 Å². The summed E-state index contributed by atoms with van der Waals surface area (Å²) in [5.74, 6) is 0. The molecule has 2 amide bonds. The molecular formula is C20H11Cl4F3N2O3S2. The minimum atomic E-state index is -4.74. The SMILES string of the molecule is O=C(Nc1ccc(Cl)c(Cl)c1)Nc1cc(C(F)(F)F)ccc1-c1cc(Cl)c(Cl)cc1S(=O)(O)=S. The second kappa shape index (κ2) is 10.1. The quantitative estimate of drug-likeness (QED) is 0.286. The van der Waals surface area contributed by atoms with Gasteiger partial charge in [0.2, 0.25) is 0 Å². The van der Waals surface area contributed by atoms with E-state index in [2.05, 4.69) is 21.8 Å². The highest BCUT2D eigenvalue weighted by Crippen LogP contribution is 2.41. The van der Waals surface area contributed by atoms with Crippen LogP contribution in [0, 0.1) is 0 Å². The fourth-order valence-electron chi connectivity index (χ4n) is 2.87. The molecule has 0 aliphatic heterocycles. The third-order valence-electron chi connectivity index (χ3n) is 4.36. The maximum Gasteiger partial charge on any atom is 0.416 e. The molecule has 0 fully saturated rings. The van der Waals surface area contributed by atoms with Crippen LogP contribution in [0.2, 0.25) is 20.1 Å². The number of hydrogen-bond acceptors (Lipinski definition) is 3. The second-order valence-corrected chi connectivity index (χ2v) is 11.1. The number of hydrogen-bond donors (Lipinski definition) is 3. The summed E-state index contributed by atoms with van der Waals surface area (Å²) in [6, 6.07) is 7.90. The highest BCUT2D eigenvalue weighted by molar-refractivity contribution is 8.29. The molecule has 0 aromatic heterocycles. The molecule has 5 nitrogen and oxygen atoms in total. The Morgan fingerprint density at radius 2 is 1.47 bits per heavy atom. The Morgan fingerprint density at radius 1 is 0.853 bits per heavy atom. The number of halogens is 7. The van der Waals surface area contributed by atoms with Crippen molar-refractivity contribution in [1.82, 2.24) is 0 Å². The first-order chi connectivity index (χ1) is 15.7. The first kappa shape index (κ1) is 26.8. The standard InChI is InChI=1S/C20H11Cl4F3N2O3S2/c21-13-4-2-10(6-14(13)22)28-19(30)29-17-5-9(20(25,26)27)1-3-11(17)12-7-15(23)16(24)8-18(12)34(31,32)33/h1-8H,(H2,28,29,30)(H,31,32,33). The third kappa shape index (κ3) is 6.25. The van der Waals surface area contributed by atoms with Crippen LogP contribution in [0.5, 0.6) is 0 Å². The van der Waals surface area contributed by atoms with Crippen molar-refractivity contribution in [3.8, 4) is 11.1 Å². The Bertz CT molecular complexity index is 1400. The number of carbonyl (C=O) groups excluding carboxylic acids is 1. The summed E-state index contributed by atoms with van der Waals surface area (Å²) in [5, 5.41) is 4.95. The lowest BCUT2D eigenvalue weighted by atomic mass is 10.0. The summed E-state index contributed by atoms with van der Waals surface area (Å²) in [6.07, 6.45) is -4.74. The molecule has 14 heteroatoms. The molecule has 3 rings (SSSR count). The Morgan fingerprint density at radius 3 is 2.06 bits per heavy atom. The molecule has 3 N–H and O–H groups in total. The monoisotopic (exact) mass is 588 g/mol. The molecule has 0 radical (unpaired) electrons. The van der Waals surface area contributed by atoms with Gasteiger partial charge in [-0.3, -0.25) is 0 Å². The number of rotatable bonds is 4. The Hall–Kier alpha value is -1.79. The number of alkyl halides is 3. The molecule has 0 aliphatic rings. The molecule has 0 bridgehead atoms. The third-order valence-corrected chi connectivity index (χ3v) is 7.26. The van der Waals surface area contributed by atoms with Crippen LogP contribution in [0.1, 0.15) is 5.56 Å². The number of urea groups is 1.